The van der Waals surface area contributed by atoms with Crippen molar-refractivity contribution in [1.29, 1.82) is 0 Å². The van der Waals surface area contributed by atoms with Crippen LogP contribution in [-0.2, 0) is 10.7 Å². The number of hydrogen-bond donors (Lipinski definition) is 1. The molecular weight excluding hydrogens is 444 g/mol. The number of fused-ring (bicyclic) bond motifs is 3. The second-order valence-corrected chi connectivity index (χ2v) is 9.58. The van der Waals surface area contributed by atoms with E-state index < -0.39 is 11.6 Å². The predicted octanol–water partition coefficient (Wildman–Crippen LogP) is 3.28. The van der Waals surface area contributed by atoms with Gasteiger partial charge in [-0.05, 0) is 43.4 Å². The van der Waals surface area contributed by atoms with Crippen LogP contribution in [0.25, 0.3) is 0 Å². The minimum atomic E-state index is -3.10. The van der Waals surface area contributed by atoms with E-state index in [0.29, 0.717) is 38.0 Å². The Labute approximate surface area is 197 Å². The van der Waals surface area contributed by atoms with E-state index in [0.717, 1.165) is 43.8 Å². The first-order chi connectivity index (χ1) is 16.3. The number of pyridine rings is 1. The molecular formula is C24H29F2N5O3. The lowest BCUT2D eigenvalue weighted by Gasteiger charge is -2.41. The summed E-state index contributed by atoms with van der Waals surface area (Å²) >= 11 is 0. The van der Waals surface area contributed by atoms with E-state index in [4.69, 9.17) is 9.47 Å². The number of amides is 1. The lowest BCUT2D eigenvalue weighted by molar-refractivity contribution is 0.0127. The summed E-state index contributed by atoms with van der Waals surface area (Å²) < 4.78 is 38.7. The zero-order valence-corrected chi connectivity index (χ0v) is 19.3. The molecule has 3 aliphatic rings. The molecule has 4 unspecified atom stereocenters. The highest BCUT2D eigenvalue weighted by Gasteiger charge is 2.35. The third-order valence-electron chi connectivity index (χ3n) is 7.09. The maximum atomic E-state index is 13.6. The number of nitrogens with one attached hydrogen (secondary N) is 1. The standard InChI is InChI=1S/C24H29F2N5O3/c1-14-3-4-16(28-22(32)15-5-6-27-21(9-15)24(2,25)26)10-18(14)19-11-20-23(30-29-19)34-13-17-12-33-8-7-31(17)20/h5-6,9,11,14,16-18H,3-4,7-8,10,12-13H2,1-2H3,(H,28,32). The van der Waals surface area contributed by atoms with Crippen LogP contribution in [0, 0.1) is 5.92 Å². The summed E-state index contributed by atoms with van der Waals surface area (Å²) in [4.78, 5) is 18.8. The summed E-state index contributed by atoms with van der Waals surface area (Å²) in [5.41, 5.74) is 1.61. The number of alkyl halides is 2. The zero-order valence-electron chi connectivity index (χ0n) is 19.3. The average Bonchev–Trinajstić information content (AvgIpc) is 2.84. The molecule has 1 saturated heterocycles. The number of rotatable bonds is 4. The van der Waals surface area contributed by atoms with Gasteiger partial charge < -0.3 is 19.7 Å². The van der Waals surface area contributed by atoms with Crippen molar-refractivity contribution in [3.63, 3.8) is 0 Å². The largest absolute Gasteiger partial charge is 0.473 e. The van der Waals surface area contributed by atoms with Crippen molar-refractivity contribution < 1.29 is 23.0 Å². The smallest absolute Gasteiger partial charge is 0.286 e. The fourth-order valence-corrected chi connectivity index (χ4v) is 5.11. The zero-order chi connectivity index (χ0) is 23.9. The number of nitrogens with zero attached hydrogens (tertiary/aromatic N) is 4. The molecule has 8 nitrogen and oxygen atoms in total. The van der Waals surface area contributed by atoms with Crippen LogP contribution in [0.4, 0.5) is 14.5 Å². The van der Waals surface area contributed by atoms with Gasteiger partial charge in [0.2, 0.25) is 0 Å². The lowest BCUT2D eigenvalue weighted by Crippen LogP contribution is -2.51. The van der Waals surface area contributed by atoms with Gasteiger partial charge in [0.25, 0.3) is 17.7 Å². The normalized spacial score (nSPS) is 26.8. The molecule has 0 bridgehead atoms. The average molecular weight is 474 g/mol. The summed E-state index contributed by atoms with van der Waals surface area (Å²) in [6, 6.07) is 4.78. The van der Waals surface area contributed by atoms with Gasteiger partial charge in [-0.2, -0.15) is 13.9 Å². The Hall–Kier alpha value is -2.88. The molecule has 2 aliphatic heterocycles. The van der Waals surface area contributed by atoms with Crippen molar-refractivity contribution in [2.45, 2.75) is 57.0 Å². The Morgan fingerprint density at radius 3 is 2.91 bits per heavy atom. The van der Waals surface area contributed by atoms with Gasteiger partial charge in [-0.25, -0.2) is 0 Å². The highest BCUT2D eigenvalue weighted by Crippen LogP contribution is 2.40. The van der Waals surface area contributed by atoms with Gasteiger partial charge in [-0.15, -0.1) is 5.10 Å². The Morgan fingerprint density at radius 2 is 2.09 bits per heavy atom. The number of hydrogen-bond acceptors (Lipinski definition) is 7. The van der Waals surface area contributed by atoms with Crippen LogP contribution in [0.2, 0.25) is 0 Å². The number of anilines is 1. The molecule has 0 radical (unpaired) electrons. The second-order valence-electron chi connectivity index (χ2n) is 9.58. The molecule has 2 fully saturated rings. The van der Waals surface area contributed by atoms with Gasteiger partial charge in [0, 0.05) is 37.2 Å². The Kier molecular flexibility index (Phi) is 6.09. The molecule has 10 heteroatoms. The van der Waals surface area contributed by atoms with Gasteiger partial charge >= 0.3 is 0 Å². The molecule has 34 heavy (non-hydrogen) atoms. The van der Waals surface area contributed by atoms with Crippen LogP contribution in [0.5, 0.6) is 5.88 Å². The molecule has 1 saturated carbocycles. The summed E-state index contributed by atoms with van der Waals surface area (Å²) in [6.45, 7) is 5.59. The molecule has 5 rings (SSSR count). The van der Waals surface area contributed by atoms with Gasteiger partial charge in [-0.3, -0.25) is 9.78 Å². The monoisotopic (exact) mass is 473 g/mol. The van der Waals surface area contributed by atoms with Crippen LogP contribution >= 0.6 is 0 Å². The van der Waals surface area contributed by atoms with E-state index in [9.17, 15) is 13.6 Å². The SMILES string of the molecule is CC1CCC(NC(=O)c2ccnc(C(C)(F)F)c2)CC1c1cc2c(nn1)OCC1COCCN21. The molecule has 1 amide bonds. The van der Waals surface area contributed by atoms with Gasteiger partial charge in [0.05, 0.1) is 24.9 Å². The first-order valence-corrected chi connectivity index (χ1v) is 11.8. The second kappa shape index (κ2) is 9.05. The topological polar surface area (TPSA) is 89.5 Å². The number of aromatic nitrogens is 3. The summed E-state index contributed by atoms with van der Waals surface area (Å²) in [6.07, 6.45) is 3.69. The van der Waals surface area contributed by atoms with Crippen LogP contribution in [0.3, 0.4) is 0 Å². The summed E-state index contributed by atoms with van der Waals surface area (Å²) in [7, 11) is 0. The number of carbonyl (C=O) groups is 1. The summed E-state index contributed by atoms with van der Waals surface area (Å²) in [5, 5.41) is 11.9. The van der Waals surface area contributed by atoms with E-state index >= 15 is 0 Å². The lowest BCUT2D eigenvalue weighted by atomic mass is 9.76. The maximum Gasteiger partial charge on any atom is 0.286 e. The molecule has 0 spiro atoms. The Balaban J connectivity index is 1.31. The van der Waals surface area contributed by atoms with E-state index in [2.05, 4.69) is 38.4 Å². The van der Waals surface area contributed by atoms with Gasteiger partial charge in [-0.1, -0.05) is 6.92 Å². The molecule has 0 aromatic carbocycles. The fraction of sp³-hybridized carbons (Fsp3) is 0.583. The quantitative estimate of drug-likeness (QED) is 0.729. The third-order valence-corrected chi connectivity index (χ3v) is 7.09. The van der Waals surface area contributed by atoms with Crippen LogP contribution in [0.15, 0.2) is 24.4 Å². The molecule has 4 atom stereocenters. The molecule has 1 aliphatic carbocycles. The van der Waals surface area contributed by atoms with Crippen LogP contribution in [-0.4, -0.2) is 59.5 Å². The van der Waals surface area contributed by atoms with E-state index in [1.807, 2.05) is 0 Å². The third kappa shape index (κ3) is 4.55. The Morgan fingerprint density at radius 1 is 1.24 bits per heavy atom. The Bertz CT molecular complexity index is 1060. The number of ether oxygens (including phenoxy) is 2. The number of morpholine rings is 1. The van der Waals surface area contributed by atoms with E-state index in [1.54, 1.807) is 0 Å². The van der Waals surface area contributed by atoms with Crippen molar-refractivity contribution in [2.75, 3.05) is 31.3 Å². The van der Waals surface area contributed by atoms with Gasteiger partial charge in [0.15, 0.2) is 0 Å². The van der Waals surface area contributed by atoms with Crippen molar-refractivity contribution in [1.82, 2.24) is 20.5 Å². The van der Waals surface area contributed by atoms with Crippen molar-refractivity contribution in [3.8, 4) is 5.88 Å². The highest BCUT2D eigenvalue weighted by atomic mass is 19.3. The highest BCUT2D eigenvalue weighted by molar-refractivity contribution is 5.94. The van der Waals surface area contributed by atoms with Gasteiger partial charge in [0.1, 0.15) is 18.0 Å². The minimum Gasteiger partial charge on any atom is -0.473 e. The molecule has 1 N–H and O–H groups in total. The first-order valence-electron chi connectivity index (χ1n) is 11.8. The molecule has 4 heterocycles. The number of halogens is 2. The molecule has 2 aromatic rings. The van der Waals surface area contributed by atoms with E-state index in [-0.39, 0.29) is 29.5 Å². The van der Waals surface area contributed by atoms with Crippen LogP contribution < -0.4 is 15.0 Å². The molecule has 2 aromatic heterocycles. The maximum absolute atomic E-state index is 13.6. The van der Waals surface area contributed by atoms with Crippen molar-refractivity contribution >= 4 is 11.6 Å². The number of carbonyl (C=O) groups excluding carboxylic acids is 1. The first kappa shape index (κ1) is 22.9. The molecule has 182 valence electrons. The predicted molar refractivity (Wildman–Crippen MR) is 120 cm³/mol. The van der Waals surface area contributed by atoms with Crippen LogP contribution in [0.1, 0.15) is 60.8 Å². The van der Waals surface area contributed by atoms with Crippen molar-refractivity contribution in [2.24, 2.45) is 5.92 Å². The minimum absolute atomic E-state index is 0.0855. The fourth-order valence-electron chi connectivity index (χ4n) is 5.11. The summed E-state index contributed by atoms with van der Waals surface area (Å²) in [5.74, 6) is -2.43. The van der Waals surface area contributed by atoms with E-state index in [1.165, 1.54) is 12.3 Å². The van der Waals surface area contributed by atoms with Crippen molar-refractivity contribution in [3.05, 3.63) is 41.3 Å².